The summed E-state index contributed by atoms with van der Waals surface area (Å²) in [5, 5.41) is 3.67. The molecule has 46 heavy (non-hydrogen) atoms. The summed E-state index contributed by atoms with van der Waals surface area (Å²) in [7, 11) is -6.89. The van der Waals surface area contributed by atoms with Gasteiger partial charge in [-0.2, -0.15) is 0 Å². The van der Waals surface area contributed by atoms with E-state index in [1.165, 1.54) is 6.08 Å². The first kappa shape index (κ1) is 35.8. The van der Waals surface area contributed by atoms with Crippen LogP contribution in [0.25, 0.3) is 10.4 Å². The molecular weight excluding hydrogens is 633 g/mol. The summed E-state index contributed by atoms with van der Waals surface area (Å²) in [5.74, 6) is 0. The number of fused-ring (bicyclic) bond motifs is 1. The van der Waals surface area contributed by atoms with Crippen LogP contribution in [-0.2, 0) is 61.3 Å². The van der Waals surface area contributed by atoms with Gasteiger partial charge >= 0.3 is 14.0 Å². The molecule has 0 amide bonds. The van der Waals surface area contributed by atoms with Crippen molar-refractivity contribution in [3.05, 3.63) is 94.4 Å². The maximum Gasteiger partial charge on any atom is 0.508 e. The van der Waals surface area contributed by atoms with E-state index in [0.717, 1.165) is 16.7 Å². The average Bonchev–Trinajstić information content (AvgIpc) is 3.18. The second kappa shape index (κ2) is 15.7. The fourth-order valence-corrected chi connectivity index (χ4v) is 7.03. The van der Waals surface area contributed by atoms with E-state index in [4.69, 9.17) is 36.9 Å². The van der Waals surface area contributed by atoms with Crippen LogP contribution in [0.2, 0.25) is 18.1 Å². The first-order valence-corrected chi connectivity index (χ1v) is 19.3. The summed E-state index contributed by atoms with van der Waals surface area (Å²) < 4.78 is 61.5. The molecule has 1 unspecified atom stereocenters. The Morgan fingerprint density at radius 1 is 1.09 bits per heavy atom. The van der Waals surface area contributed by atoms with E-state index in [1.54, 1.807) is 0 Å². The smallest absolute Gasteiger partial charge is 0.430 e. The minimum Gasteiger partial charge on any atom is -0.430 e. The quantitative estimate of drug-likeness (QED) is 0.0418. The van der Waals surface area contributed by atoms with Crippen molar-refractivity contribution in [3.63, 3.8) is 0 Å². The maximum atomic E-state index is 14.1. The molecule has 0 aromatic heterocycles. The van der Waals surface area contributed by atoms with Crippen molar-refractivity contribution in [1.29, 1.82) is 0 Å². The Labute approximate surface area is 270 Å². The van der Waals surface area contributed by atoms with Gasteiger partial charge in [-0.15, -0.1) is 0 Å². The van der Waals surface area contributed by atoms with Gasteiger partial charge in [0.25, 0.3) is 0 Å². The third kappa shape index (κ3) is 9.28. The number of phosphoric acid groups is 1. The molecule has 0 aliphatic carbocycles. The van der Waals surface area contributed by atoms with E-state index in [9.17, 15) is 14.9 Å². The highest BCUT2D eigenvalue weighted by Crippen LogP contribution is 2.55. The molecule has 1 fully saturated rings. The molecule has 2 heterocycles. The van der Waals surface area contributed by atoms with Crippen LogP contribution in [0.3, 0.4) is 0 Å². The lowest BCUT2D eigenvalue weighted by molar-refractivity contribution is -0.245. The molecule has 2 aromatic carbocycles. The van der Waals surface area contributed by atoms with E-state index in [1.807, 2.05) is 88.5 Å². The fraction of sp³-hybridized carbons (Fsp3) is 0.516. The van der Waals surface area contributed by atoms with Crippen LogP contribution in [0, 0.1) is 0 Å². The van der Waals surface area contributed by atoms with Crippen LogP contribution < -0.4 is 0 Å². The van der Waals surface area contributed by atoms with Crippen molar-refractivity contribution in [1.82, 2.24) is 0 Å². The van der Waals surface area contributed by atoms with Crippen LogP contribution in [0.1, 0.15) is 37.5 Å². The van der Waals surface area contributed by atoms with Crippen molar-refractivity contribution in [2.24, 2.45) is 5.11 Å². The fourth-order valence-electron chi connectivity index (χ4n) is 4.56. The highest BCUT2D eigenvalue weighted by Gasteiger charge is 2.54. The Balaban J connectivity index is 1.71. The highest BCUT2D eigenvalue weighted by molar-refractivity contribution is 7.48. The SMILES string of the molecule is C=CCOC(=O)O[C@H]1[C@H](OP2(=O)OCc3ccccc3CO2)[C@@H](COCc2ccccc2)OC(O[Si](C)(C)C(C)(C)C)[C@@H]1N=[N+]=[N-]. The van der Waals surface area contributed by atoms with E-state index in [2.05, 4.69) is 16.6 Å². The molecule has 1 saturated heterocycles. The zero-order valence-corrected chi connectivity index (χ0v) is 28.7. The number of carbonyl (C=O) groups excluding carboxylic acids is 1. The lowest BCUT2D eigenvalue weighted by atomic mass is 9.97. The van der Waals surface area contributed by atoms with Crippen molar-refractivity contribution in [3.8, 4) is 0 Å². The lowest BCUT2D eigenvalue weighted by Crippen LogP contribution is -2.62. The zero-order chi connectivity index (χ0) is 33.4. The molecule has 250 valence electrons. The van der Waals surface area contributed by atoms with Crippen LogP contribution in [-0.4, -0.2) is 58.3 Å². The molecule has 0 saturated carbocycles. The van der Waals surface area contributed by atoms with Gasteiger partial charge in [0.15, 0.2) is 14.6 Å². The second-order valence-corrected chi connectivity index (χ2v) is 18.8. The van der Waals surface area contributed by atoms with Gasteiger partial charge in [-0.3, -0.25) is 13.6 Å². The van der Waals surface area contributed by atoms with Gasteiger partial charge in [0, 0.05) is 4.91 Å². The number of ether oxygens (including phenoxy) is 4. The number of benzene rings is 2. The Morgan fingerprint density at radius 3 is 2.30 bits per heavy atom. The molecular formula is C31H42N3O10PSi. The van der Waals surface area contributed by atoms with Gasteiger partial charge < -0.3 is 23.4 Å². The van der Waals surface area contributed by atoms with E-state index in [-0.39, 0.29) is 38.1 Å². The highest BCUT2D eigenvalue weighted by atomic mass is 31.2. The largest absolute Gasteiger partial charge is 0.508 e. The Hall–Kier alpha value is -3.03. The first-order chi connectivity index (χ1) is 21.9. The summed E-state index contributed by atoms with van der Waals surface area (Å²) in [6, 6.07) is 15.5. The number of nitrogens with zero attached hydrogens (tertiary/aromatic N) is 3. The van der Waals surface area contributed by atoms with Gasteiger partial charge in [-0.25, -0.2) is 9.36 Å². The molecule has 0 radical (unpaired) electrons. The van der Waals surface area contributed by atoms with Crippen LogP contribution in [0.15, 0.2) is 72.4 Å². The molecule has 0 bridgehead atoms. The van der Waals surface area contributed by atoms with E-state index >= 15 is 0 Å². The number of hydrogen-bond acceptors (Lipinski definition) is 11. The molecule has 2 aliphatic rings. The topological polar surface area (TPSA) is 157 Å². The molecule has 2 aromatic rings. The number of phosphoric ester groups is 1. The van der Waals surface area contributed by atoms with Gasteiger partial charge in [-0.05, 0) is 40.4 Å². The van der Waals surface area contributed by atoms with Gasteiger partial charge in [0.05, 0.1) is 26.4 Å². The van der Waals surface area contributed by atoms with Crippen molar-refractivity contribution in [2.45, 2.75) is 89.4 Å². The first-order valence-electron chi connectivity index (χ1n) is 14.9. The van der Waals surface area contributed by atoms with Crippen molar-refractivity contribution < 1.29 is 46.3 Å². The van der Waals surface area contributed by atoms with Crippen LogP contribution in [0.4, 0.5) is 4.79 Å². The molecule has 15 heteroatoms. The van der Waals surface area contributed by atoms with Gasteiger partial charge in [0.1, 0.15) is 31.0 Å². The summed E-state index contributed by atoms with van der Waals surface area (Å²) >= 11 is 0. The van der Waals surface area contributed by atoms with Crippen LogP contribution in [0.5, 0.6) is 0 Å². The number of rotatable bonds is 12. The predicted octanol–water partition coefficient (Wildman–Crippen LogP) is 7.58. The molecule has 0 N–H and O–H groups in total. The molecule has 4 rings (SSSR count). The predicted molar refractivity (Wildman–Crippen MR) is 171 cm³/mol. The van der Waals surface area contributed by atoms with E-state index < -0.39 is 52.9 Å². The minimum absolute atomic E-state index is 0.0556. The lowest BCUT2D eigenvalue weighted by Gasteiger charge is -2.47. The summed E-state index contributed by atoms with van der Waals surface area (Å²) in [5.41, 5.74) is 12.1. The number of azide groups is 1. The summed E-state index contributed by atoms with van der Waals surface area (Å²) in [4.78, 5) is 15.9. The Bertz CT molecular complexity index is 1400. The normalized spacial score (nSPS) is 24.5. The van der Waals surface area contributed by atoms with Crippen molar-refractivity contribution >= 4 is 22.3 Å². The molecule has 0 spiro atoms. The van der Waals surface area contributed by atoms with Gasteiger partial charge in [-0.1, -0.05) is 93.1 Å². The molecule has 2 aliphatic heterocycles. The third-order valence-corrected chi connectivity index (χ3v) is 13.9. The Morgan fingerprint density at radius 2 is 1.72 bits per heavy atom. The second-order valence-electron chi connectivity index (χ2n) is 12.4. The molecule has 13 nitrogen and oxygen atoms in total. The van der Waals surface area contributed by atoms with E-state index in [0.29, 0.717) is 0 Å². The van der Waals surface area contributed by atoms with Crippen LogP contribution >= 0.6 is 7.82 Å². The Kier molecular flexibility index (Phi) is 12.2. The maximum absolute atomic E-state index is 14.1. The molecule has 5 atom stereocenters. The zero-order valence-electron chi connectivity index (χ0n) is 26.8. The standard InChI is InChI=1S/C31H42N3O10PSi/c1-7-17-38-30(35)42-28-26(33-34-32)29(44-46(5,6)31(2,3)4)41-25(21-37-18-22-13-9-8-10-14-22)27(28)43-45(36)39-19-23-15-11-12-16-24(23)20-40-45/h7-16,25-29H,1,17-21H2,2-6H3/t25-,26-,27-,28-,29?/m1/s1. The van der Waals surface area contributed by atoms with Gasteiger partial charge in [0.2, 0.25) is 0 Å². The van der Waals surface area contributed by atoms with Crippen molar-refractivity contribution in [2.75, 3.05) is 13.2 Å². The average molecular weight is 676 g/mol. The summed E-state index contributed by atoms with van der Waals surface area (Å²) in [6.45, 7) is 13.5. The monoisotopic (exact) mass is 675 g/mol. The number of carbonyl (C=O) groups is 1. The summed E-state index contributed by atoms with van der Waals surface area (Å²) in [6.07, 6.45) is -4.73. The number of hydrogen-bond donors (Lipinski definition) is 0. The minimum atomic E-state index is -4.32. The third-order valence-electron chi connectivity index (χ3n) is 8.09.